The third-order valence-electron chi connectivity index (χ3n) is 3.52. The van der Waals surface area contributed by atoms with E-state index in [4.69, 9.17) is 0 Å². The zero-order valence-corrected chi connectivity index (χ0v) is 10.7. The monoisotopic (exact) mass is 245 g/mol. The number of rotatable bonds is 3. The predicted molar refractivity (Wildman–Crippen MR) is 71.9 cm³/mol. The van der Waals surface area contributed by atoms with Crippen LogP contribution in [0.1, 0.15) is 12.8 Å². The van der Waals surface area contributed by atoms with Crippen molar-refractivity contribution in [2.75, 3.05) is 31.6 Å². The van der Waals surface area contributed by atoms with Crippen molar-refractivity contribution in [1.29, 1.82) is 0 Å². The summed E-state index contributed by atoms with van der Waals surface area (Å²) in [7, 11) is 2.02. The van der Waals surface area contributed by atoms with Crippen molar-refractivity contribution in [3.05, 3.63) is 24.4 Å². The van der Waals surface area contributed by atoms with E-state index in [1.807, 2.05) is 36.0 Å². The molecule has 1 fully saturated rings. The molecule has 1 aliphatic heterocycles. The van der Waals surface area contributed by atoms with E-state index in [-0.39, 0.29) is 0 Å². The van der Waals surface area contributed by atoms with Crippen molar-refractivity contribution in [2.45, 2.75) is 12.8 Å². The first-order valence-corrected chi connectivity index (χ1v) is 6.58. The highest BCUT2D eigenvalue weighted by Crippen LogP contribution is 2.20. The molecular weight excluding hydrogens is 226 g/mol. The Bertz CT molecular complexity index is 486. The number of piperidine rings is 1. The number of hydrogen-bond acceptors (Lipinski definition) is 4. The Kier molecular flexibility index (Phi) is 3.15. The molecule has 5 nitrogen and oxygen atoms in total. The molecule has 0 saturated carbocycles. The minimum atomic E-state index is 0.704. The molecule has 3 rings (SSSR count). The largest absolute Gasteiger partial charge is 0.339 e. The first-order valence-electron chi connectivity index (χ1n) is 6.58. The second kappa shape index (κ2) is 4.94. The zero-order valence-electron chi connectivity index (χ0n) is 10.7. The Labute approximate surface area is 107 Å². The summed E-state index contributed by atoms with van der Waals surface area (Å²) in [6.07, 6.45) is 4.47. The van der Waals surface area contributed by atoms with E-state index in [1.54, 1.807) is 0 Å². The van der Waals surface area contributed by atoms with Crippen LogP contribution in [0.25, 0.3) is 5.65 Å². The van der Waals surface area contributed by atoms with Crippen LogP contribution in [-0.2, 0) is 0 Å². The van der Waals surface area contributed by atoms with E-state index < -0.39 is 0 Å². The van der Waals surface area contributed by atoms with Crippen molar-refractivity contribution in [3.8, 4) is 0 Å². The Hall–Kier alpha value is -1.62. The van der Waals surface area contributed by atoms with Crippen LogP contribution in [0.5, 0.6) is 0 Å². The van der Waals surface area contributed by atoms with Crippen LogP contribution >= 0.6 is 0 Å². The van der Waals surface area contributed by atoms with E-state index >= 15 is 0 Å². The molecule has 96 valence electrons. The lowest BCUT2D eigenvalue weighted by Crippen LogP contribution is -2.39. The minimum absolute atomic E-state index is 0.704. The molecule has 1 atom stereocenters. The molecule has 1 saturated heterocycles. The number of nitrogens with zero attached hydrogens (tertiary/aromatic N) is 4. The van der Waals surface area contributed by atoms with Gasteiger partial charge in [-0.25, -0.2) is 4.52 Å². The Morgan fingerprint density at radius 3 is 3.22 bits per heavy atom. The van der Waals surface area contributed by atoms with Crippen molar-refractivity contribution >= 4 is 11.6 Å². The van der Waals surface area contributed by atoms with Gasteiger partial charge in [0.15, 0.2) is 5.65 Å². The average Bonchev–Trinajstić information content (AvgIpc) is 2.83. The van der Waals surface area contributed by atoms with Gasteiger partial charge in [0.25, 0.3) is 0 Å². The summed E-state index contributed by atoms with van der Waals surface area (Å²) in [4.78, 5) is 6.89. The fourth-order valence-electron chi connectivity index (χ4n) is 2.66. The Morgan fingerprint density at radius 2 is 2.39 bits per heavy atom. The second-order valence-corrected chi connectivity index (χ2v) is 4.93. The smallest absolute Gasteiger partial charge is 0.245 e. The van der Waals surface area contributed by atoms with Crippen LogP contribution < -0.4 is 10.2 Å². The molecule has 2 aromatic heterocycles. The molecule has 0 radical (unpaired) electrons. The minimum Gasteiger partial charge on any atom is -0.339 e. The lowest BCUT2D eigenvalue weighted by atomic mass is 9.98. The van der Waals surface area contributed by atoms with E-state index in [9.17, 15) is 0 Å². The van der Waals surface area contributed by atoms with Crippen LogP contribution in [0.2, 0.25) is 0 Å². The summed E-state index contributed by atoms with van der Waals surface area (Å²) in [5, 5.41) is 7.81. The Morgan fingerprint density at radius 1 is 1.44 bits per heavy atom. The van der Waals surface area contributed by atoms with Crippen molar-refractivity contribution in [3.63, 3.8) is 0 Å². The molecule has 1 unspecified atom stereocenters. The van der Waals surface area contributed by atoms with E-state index in [0.717, 1.165) is 31.2 Å². The number of fused-ring (bicyclic) bond motifs is 1. The van der Waals surface area contributed by atoms with Gasteiger partial charge in [-0.15, -0.1) is 5.10 Å². The predicted octanol–water partition coefficient (Wildman–Crippen LogP) is 1.17. The van der Waals surface area contributed by atoms with Gasteiger partial charge in [0.05, 0.1) is 0 Å². The first-order chi connectivity index (χ1) is 8.86. The average molecular weight is 245 g/mol. The SMILES string of the molecule is CNCC1CCCN(c2nc3ccccn3n2)C1. The normalized spacial score (nSPS) is 20.5. The van der Waals surface area contributed by atoms with Crippen LogP contribution in [0.15, 0.2) is 24.4 Å². The van der Waals surface area contributed by atoms with Crippen molar-refractivity contribution < 1.29 is 0 Å². The van der Waals surface area contributed by atoms with Crippen LogP contribution in [0.3, 0.4) is 0 Å². The molecule has 5 heteroatoms. The van der Waals surface area contributed by atoms with Crippen molar-refractivity contribution in [1.82, 2.24) is 19.9 Å². The third kappa shape index (κ3) is 2.18. The molecular formula is C13H19N5. The lowest BCUT2D eigenvalue weighted by Gasteiger charge is -2.31. The highest BCUT2D eigenvalue weighted by molar-refractivity contribution is 5.44. The zero-order chi connectivity index (χ0) is 12.4. The molecule has 0 aliphatic carbocycles. The summed E-state index contributed by atoms with van der Waals surface area (Å²) in [6, 6.07) is 5.96. The van der Waals surface area contributed by atoms with E-state index in [1.165, 1.54) is 12.8 Å². The summed E-state index contributed by atoms with van der Waals surface area (Å²) in [6.45, 7) is 3.19. The Balaban J connectivity index is 1.80. The van der Waals surface area contributed by atoms with E-state index in [0.29, 0.717) is 5.92 Å². The fraction of sp³-hybridized carbons (Fsp3) is 0.538. The number of pyridine rings is 1. The maximum atomic E-state index is 4.59. The van der Waals surface area contributed by atoms with Gasteiger partial charge < -0.3 is 10.2 Å². The quantitative estimate of drug-likeness (QED) is 0.881. The molecule has 2 aromatic rings. The number of hydrogen-bond donors (Lipinski definition) is 1. The lowest BCUT2D eigenvalue weighted by molar-refractivity contribution is 0.399. The number of anilines is 1. The van der Waals surface area contributed by atoms with Gasteiger partial charge in [0, 0.05) is 19.3 Å². The fourth-order valence-corrected chi connectivity index (χ4v) is 2.66. The summed E-state index contributed by atoms with van der Waals surface area (Å²) >= 11 is 0. The van der Waals surface area contributed by atoms with Crippen molar-refractivity contribution in [2.24, 2.45) is 5.92 Å². The summed E-state index contributed by atoms with van der Waals surface area (Å²) in [5.74, 6) is 1.57. The second-order valence-electron chi connectivity index (χ2n) is 4.93. The molecule has 0 spiro atoms. The third-order valence-corrected chi connectivity index (χ3v) is 3.52. The number of aromatic nitrogens is 3. The highest BCUT2D eigenvalue weighted by Gasteiger charge is 2.22. The maximum absolute atomic E-state index is 4.59. The molecule has 0 aromatic carbocycles. The molecule has 1 N–H and O–H groups in total. The van der Waals surface area contributed by atoms with Gasteiger partial charge in [-0.05, 0) is 44.5 Å². The highest BCUT2D eigenvalue weighted by atomic mass is 15.4. The van der Waals surface area contributed by atoms with Crippen LogP contribution in [0, 0.1) is 5.92 Å². The van der Waals surface area contributed by atoms with Crippen LogP contribution in [0.4, 0.5) is 5.95 Å². The summed E-state index contributed by atoms with van der Waals surface area (Å²) in [5.41, 5.74) is 0.920. The standard InChI is InChI=1S/C13H19N5/c1-14-9-11-5-4-7-17(10-11)13-15-12-6-2-3-8-18(12)16-13/h2-3,6,8,11,14H,4-5,7,9-10H2,1H3. The first kappa shape index (κ1) is 11.5. The van der Waals surface area contributed by atoms with Gasteiger partial charge in [0.2, 0.25) is 5.95 Å². The number of nitrogens with one attached hydrogen (secondary N) is 1. The molecule has 0 bridgehead atoms. The van der Waals surface area contributed by atoms with Crippen LogP contribution in [-0.4, -0.2) is 41.3 Å². The summed E-state index contributed by atoms with van der Waals surface area (Å²) < 4.78 is 1.84. The molecule has 3 heterocycles. The van der Waals surface area contributed by atoms with Gasteiger partial charge in [0.1, 0.15) is 0 Å². The molecule has 1 aliphatic rings. The van der Waals surface area contributed by atoms with E-state index in [2.05, 4.69) is 20.3 Å². The van der Waals surface area contributed by atoms with Gasteiger partial charge in [-0.1, -0.05) is 6.07 Å². The maximum Gasteiger partial charge on any atom is 0.245 e. The van der Waals surface area contributed by atoms with Gasteiger partial charge in [-0.2, -0.15) is 4.98 Å². The molecule has 0 amide bonds. The topological polar surface area (TPSA) is 45.5 Å². The molecule has 18 heavy (non-hydrogen) atoms. The van der Waals surface area contributed by atoms with Gasteiger partial charge >= 0.3 is 0 Å². The van der Waals surface area contributed by atoms with Gasteiger partial charge in [-0.3, -0.25) is 0 Å².